The summed E-state index contributed by atoms with van der Waals surface area (Å²) in [6.45, 7) is 3.61. The summed E-state index contributed by atoms with van der Waals surface area (Å²) < 4.78 is 1.97. The van der Waals surface area contributed by atoms with Crippen molar-refractivity contribution in [3.8, 4) is 22.5 Å². The number of fused-ring (bicyclic) bond motifs is 2. The van der Waals surface area contributed by atoms with Crippen LogP contribution < -0.4 is 5.73 Å². The number of nitrogens with zero attached hydrogens (tertiary/aromatic N) is 4. The van der Waals surface area contributed by atoms with E-state index in [0.29, 0.717) is 18.7 Å². The van der Waals surface area contributed by atoms with Gasteiger partial charge in [0.1, 0.15) is 22.9 Å². The van der Waals surface area contributed by atoms with Gasteiger partial charge in [0, 0.05) is 35.3 Å². The average Bonchev–Trinajstić information content (AvgIpc) is 3.17. The Kier molecular flexibility index (Phi) is 4.87. The molecular formula is C26H25N5O. The van der Waals surface area contributed by atoms with Crippen molar-refractivity contribution >= 4 is 22.2 Å². The second kappa shape index (κ2) is 7.73. The van der Waals surface area contributed by atoms with Gasteiger partial charge in [-0.05, 0) is 32.4 Å². The highest BCUT2D eigenvalue weighted by molar-refractivity contribution is 5.91. The molecule has 0 aliphatic carbocycles. The smallest absolute Gasteiger partial charge is 0.150 e. The van der Waals surface area contributed by atoms with Crippen LogP contribution in [-0.2, 0) is 6.42 Å². The highest BCUT2D eigenvalue weighted by Crippen LogP contribution is 2.31. The van der Waals surface area contributed by atoms with Crippen LogP contribution in [0.3, 0.4) is 0 Å². The molecule has 0 atom stereocenters. The summed E-state index contributed by atoms with van der Waals surface area (Å²) in [5.74, 6) is 1.27. The lowest BCUT2D eigenvalue weighted by atomic mass is 10.0. The summed E-state index contributed by atoms with van der Waals surface area (Å²) in [4.78, 5) is 14.1. The normalized spacial score (nSPS) is 12.0. The van der Waals surface area contributed by atoms with Crippen LogP contribution in [0.25, 0.3) is 38.9 Å². The number of aromatic nitrogens is 4. The van der Waals surface area contributed by atoms with Gasteiger partial charge in [-0.2, -0.15) is 0 Å². The lowest BCUT2D eigenvalue weighted by Gasteiger charge is -2.15. The highest BCUT2D eigenvalue weighted by atomic mass is 16.3. The zero-order valence-corrected chi connectivity index (χ0v) is 18.2. The average molecular weight is 424 g/mol. The summed E-state index contributed by atoms with van der Waals surface area (Å²) >= 11 is 0. The van der Waals surface area contributed by atoms with Crippen molar-refractivity contribution in [2.75, 3.05) is 5.73 Å². The molecule has 5 rings (SSSR count). The molecule has 32 heavy (non-hydrogen) atoms. The topological polar surface area (TPSA) is 89.3 Å². The second-order valence-electron chi connectivity index (χ2n) is 8.69. The van der Waals surface area contributed by atoms with Gasteiger partial charge < -0.3 is 10.8 Å². The van der Waals surface area contributed by atoms with Crippen LogP contribution in [0.5, 0.6) is 0 Å². The molecule has 0 fully saturated rings. The highest BCUT2D eigenvalue weighted by Gasteiger charge is 2.19. The van der Waals surface area contributed by atoms with Crippen molar-refractivity contribution < 1.29 is 5.11 Å². The number of hydrogen-bond donors (Lipinski definition) is 2. The Labute approximate surface area is 186 Å². The zero-order chi connectivity index (χ0) is 22.3. The molecule has 3 N–H and O–H groups in total. The van der Waals surface area contributed by atoms with Gasteiger partial charge in [-0.1, -0.05) is 48.5 Å². The van der Waals surface area contributed by atoms with E-state index in [9.17, 15) is 5.11 Å². The minimum atomic E-state index is -0.773. The first-order valence-electron chi connectivity index (χ1n) is 10.7. The fourth-order valence-corrected chi connectivity index (χ4v) is 3.96. The van der Waals surface area contributed by atoms with Crippen molar-refractivity contribution in [2.45, 2.75) is 32.3 Å². The standard InChI is InChI=1S/C26H25N5O/c1-26(2,32)13-12-22-30-23(24-25(27)28-14-15-31(22)24)19-9-8-18-10-11-20(29-21(18)16-19)17-6-4-3-5-7-17/h3-11,14-16,32H,12-13H2,1-2H3,(H2,27,28). The number of rotatable bonds is 5. The lowest BCUT2D eigenvalue weighted by Crippen LogP contribution is -2.19. The Balaban J connectivity index is 1.63. The van der Waals surface area contributed by atoms with E-state index in [1.54, 1.807) is 20.0 Å². The zero-order valence-electron chi connectivity index (χ0n) is 18.2. The van der Waals surface area contributed by atoms with E-state index >= 15 is 0 Å². The fourth-order valence-electron chi connectivity index (χ4n) is 3.96. The van der Waals surface area contributed by atoms with Gasteiger partial charge in [0.2, 0.25) is 0 Å². The van der Waals surface area contributed by atoms with Crippen LogP contribution in [0.4, 0.5) is 5.82 Å². The van der Waals surface area contributed by atoms with Crippen molar-refractivity contribution in [3.05, 3.63) is 78.9 Å². The summed E-state index contributed by atoms with van der Waals surface area (Å²) in [5.41, 5.74) is 10.9. The lowest BCUT2D eigenvalue weighted by molar-refractivity contribution is 0.0708. The van der Waals surface area contributed by atoms with Gasteiger partial charge in [0.25, 0.3) is 0 Å². The van der Waals surface area contributed by atoms with Gasteiger partial charge in [-0.15, -0.1) is 0 Å². The third-order valence-corrected chi connectivity index (χ3v) is 5.65. The van der Waals surface area contributed by atoms with Crippen molar-refractivity contribution in [1.29, 1.82) is 0 Å². The third-order valence-electron chi connectivity index (χ3n) is 5.65. The molecule has 3 heterocycles. The molecule has 5 aromatic rings. The number of pyridine rings is 1. The fraction of sp³-hybridized carbons (Fsp3) is 0.192. The minimum Gasteiger partial charge on any atom is -0.390 e. The predicted molar refractivity (Wildman–Crippen MR) is 128 cm³/mol. The van der Waals surface area contributed by atoms with E-state index in [2.05, 4.69) is 35.3 Å². The van der Waals surface area contributed by atoms with Crippen LogP contribution in [-0.4, -0.2) is 30.1 Å². The van der Waals surface area contributed by atoms with E-state index in [0.717, 1.165) is 44.8 Å². The number of anilines is 1. The maximum Gasteiger partial charge on any atom is 0.150 e. The van der Waals surface area contributed by atoms with Crippen LogP contribution in [0, 0.1) is 0 Å². The maximum atomic E-state index is 10.2. The molecular weight excluding hydrogens is 398 g/mol. The predicted octanol–water partition coefficient (Wildman–Crippen LogP) is 4.90. The monoisotopic (exact) mass is 423 g/mol. The molecule has 0 amide bonds. The second-order valence-corrected chi connectivity index (χ2v) is 8.69. The van der Waals surface area contributed by atoms with E-state index in [1.165, 1.54) is 0 Å². The minimum absolute atomic E-state index is 0.426. The molecule has 160 valence electrons. The Morgan fingerprint density at radius 1 is 0.969 bits per heavy atom. The Bertz CT molecular complexity index is 1420. The summed E-state index contributed by atoms with van der Waals surface area (Å²) in [6, 6.07) is 20.4. The van der Waals surface area contributed by atoms with E-state index < -0.39 is 5.60 Å². The largest absolute Gasteiger partial charge is 0.390 e. The van der Waals surface area contributed by atoms with Crippen LogP contribution in [0.2, 0.25) is 0 Å². The van der Waals surface area contributed by atoms with Crippen molar-refractivity contribution in [3.63, 3.8) is 0 Å². The van der Waals surface area contributed by atoms with E-state index in [4.69, 9.17) is 15.7 Å². The molecule has 6 nitrogen and oxygen atoms in total. The van der Waals surface area contributed by atoms with E-state index in [-0.39, 0.29) is 0 Å². The Morgan fingerprint density at radius 2 is 1.75 bits per heavy atom. The quantitative estimate of drug-likeness (QED) is 0.420. The molecule has 3 aromatic heterocycles. The van der Waals surface area contributed by atoms with Gasteiger partial charge in [0.15, 0.2) is 0 Å². The summed E-state index contributed by atoms with van der Waals surface area (Å²) in [5, 5.41) is 11.2. The molecule has 0 saturated carbocycles. The Hall–Kier alpha value is -3.77. The molecule has 0 spiro atoms. The molecule has 0 unspecified atom stereocenters. The number of nitrogen functional groups attached to an aromatic ring is 1. The maximum absolute atomic E-state index is 10.2. The van der Waals surface area contributed by atoms with Crippen LogP contribution in [0.1, 0.15) is 26.1 Å². The number of aliphatic hydroxyl groups is 1. The van der Waals surface area contributed by atoms with Gasteiger partial charge in [0.05, 0.1) is 16.8 Å². The summed E-state index contributed by atoms with van der Waals surface area (Å²) in [7, 11) is 0. The molecule has 0 saturated heterocycles. The third kappa shape index (κ3) is 3.81. The number of imidazole rings is 1. The molecule has 6 heteroatoms. The van der Waals surface area contributed by atoms with Crippen LogP contribution in [0.15, 0.2) is 73.1 Å². The molecule has 0 bridgehead atoms. The first-order valence-corrected chi connectivity index (χ1v) is 10.7. The number of nitrogens with two attached hydrogens (primary N) is 1. The summed E-state index contributed by atoms with van der Waals surface area (Å²) in [6.07, 6.45) is 4.76. The molecule has 0 radical (unpaired) electrons. The van der Waals surface area contributed by atoms with Crippen LogP contribution >= 0.6 is 0 Å². The van der Waals surface area contributed by atoms with Gasteiger partial charge in [-0.25, -0.2) is 15.0 Å². The number of aryl methyl sites for hydroxylation is 1. The number of hydrogen-bond acceptors (Lipinski definition) is 5. The van der Waals surface area contributed by atoms with Gasteiger partial charge >= 0.3 is 0 Å². The van der Waals surface area contributed by atoms with Gasteiger partial charge in [-0.3, -0.25) is 4.40 Å². The molecule has 0 aliphatic rings. The molecule has 2 aromatic carbocycles. The van der Waals surface area contributed by atoms with Crippen molar-refractivity contribution in [1.82, 2.24) is 19.4 Å². The molecule has 0 aliphatic heterocycles. The number of benzene rings is 2. The van der Waals surface area contributed by atoms with Crippen molar-refractivity contribution in [2.24, 2.45) is 0 Å². The first-order chi connectivity index (χ1) is 15.4. The SMILES string of the molecule is CC(C)(O)CCc1nc(-c2ccc3ccc(-c4ccccc4)nc3c2)c2c(N)nccn12. The Morgan fingerprint density at radius 3 is 2.53 bits per heavy atom. The first kappa shape index (κ1) is 20.2. The van der Waals surface area contributed by atoms with E-state index in [1.807, 2.05) is 40.9 Å².